The SMILES string of the molecule is N#Cc1cccc(-c2ccc(C=NNc3ccccc3)cc2)c1. The van der Waals surface area contributed by atoms with Crippen LogP contribution in [-0.4, -0.2) is 6.21 Å². The van der Waals surface area contributed by atoms with Gasteiger partial charge in [-0.25, -0.2) is 0 Å². The Morgan fingerprint density at radius 1 is 0.826 bits per heavy atom. The van der Waals surface area contributed by atoms with Crippen molar-refractivity contribution in [3.63, 3.8) is 0 Å². The fourth-order valence-electron chi connectivity index (χ4n) is 2.22. The molecule has 0 aliphatic carbocycles. The van der Waals surface area contributed by atoms with E-state index >= 15 is 0 Å². The summed E-state index contributed by atoms with van der Waals surface area (Å²) in [6, 6.07) is 27.6. The minimum atomic E-state index is 0.667. The molecule has 0 aliphatic heterocycles. The van der Waals surface area contributed by atoms with Crippen LogP contribution in [0.4, 0.5) is 5.69 Å². The number of anilines is 1. The fraction of sp³-hybridized carbons (Fsp3) is 0. The molecule has 3 rings (SSSR count). The second-order valence-electron chi connectivity index (χ2n) is 5.05. The molecule has 23 heavy (non-hydrogen) atoms. The predicted octanol–water partition coefficient (Wildman–Crippen LogP) is 4.67. The number of nitriles is 1. The van der Waals surface area contributed by atoms with Gasteiger partial charge in [0, 0.05) is 0 Å². The molecule has 0 spiro atoms. The quantitative estimate of drug-likeness (QED) is 0.562. The van der Waals surface area contributed by atoms with E-state index in [9.17, 15) is 0 Å². The fourth-order valence-corrected chi connectivity index (χ4v) is 2.22. The van der Waals surface area contributed by atoms with Gasteiger partial charge < -0.3 is 0 Å². The molecule has 0 saturated heterocycles. The number of hydrogen-bond acceptors (Lipinski definition) is 3. The highest BCUT2D eigenvalue weighted by atomic mass is 15.3. The summed E-state index contributed by atoms with van der Waals surface area (Å²) >= 11 is 0. The maximum atomic E-state index is 8.97. The molecule has 110 valence electrons. The van der Waals surface area contributed by atoms with Gasteiger partial charge in [-0.05, 0) is 41.0 Å². The number of rotatable bonds is 4. The molecule has 3 aromatic carbocycles. The summed E-state index contributed by atoms with van der Waals surface area (Å²) in [5, 5.41) is 13.2. The Hall–Kier alpha value is -3.38. The first-order valence-electron chi connectivity index (χ1n) is 7.30. The van der Waals surface area contributed by atoms with Crippen LogP contribution in [-0.2, 0) is 0 Å². The Morgan fingerprint density at radius 3 is 2.35 bits per heavy atom. The molecule has 0 saturated carbocycles. The van der Waals surface area contributed by atoms with Crippen LogP contribution < -0.4 is 5.43 Å². The molecule has 0 unspecified atom stereocenters. The van der Waals surface area contributed by atoms with Gasteiger partial charge in [0.1, 0.15) is 0 Å². The third-order valence-electron chi connectivity index (χ3n) is 3.42. The number of para-hydroxylation sites is 1. The number of nitrogens with one attached hydrogen (secondary N) is 1. The van der Waals surface area contributed by atoms with E-state index < -0.39 is 0 Å². The zero-order valence-corrected chi connectivity index (χ0v) is 12.5. The number of benzene rings is 3. The first-order chi connectivity index (χ1) is 11.3. The van der Waals surface area contributed by atoms with E-state index in [1.165, 1.54) is 0 Å². The van der Waals surface area contributed by atoms with Gasteiger partial charge >= 0.3 is 0 Å². The minimum absolute atomic E-state index is 0.667. The van der Waals surface area contributed by atoms with Crippen LogP contribution in [0.1, 0.15) is 11.1 Å². The van der Waals surface area contributed by atoms with Crippen molar-refractivity contribution in [2.24, 2.45) is 5.10 Å². The van der Waals surface area contributed by atoms with E-state index in [2.05, 4.69) is 16.6 Å². The molecule has 0 amide bonds. The van der Waals surface area contributed by atoms with Crippen LogP contribution in [0.5, 0.6) is 0 Å². The molecular weight excluding hydrogens is 282 g/mol. The van der Waals surface area contributed by atoms with Crippen molar-refractivity contribution in [1.29, 1.82) is 5.26 Å². The van der Waals surface area contributed by atoms with Gasteiger partial charge in [-0.2, -0.15) is 10.4 Å². The highest BCUT2D eigenvalue weighted by Crippen LogP contribution is 2.20. The van der Waals surface area contributed by atoms with E-state index in [4.69, 9.17) is 5.26 Å². The average Bonchev–Trinajstić information content (AvgIpc) is 2.63. The van der Waals surface area contributed by atoms with Crippen molar-refractivity contribution in [3.8, 4) is 17.2 Å². The summed E-state index contributed by atoms with van der Waals surface area (Å²) in [6.45, 7) is 0. The van der Waals surface area contributed by atoms with E-state index in [0.29, 0.717) is 5.56 Å². The summed E-state index contributed by atoms with van der Waals surface area (Å²) in [5.74, 6) is 0. The molecule has 1 N–H and O–H groups in total. The third kappa shape index (κ3) is 3.84. The summed E-state index contributed by atoms with van der Waals surface area (Å²) in [6.07, 6.45) is 1.78. The molecule has 0 aromatic heterocycles. The normalized spacial score (nSPS) is 10.4. The van der Waals surface area contributed by atoms with Crippen LogP contribution in [0.25, 0.3) is 11.1 Å². The van der Waals surface area contributed by atoms with E-state index in [1.807, 2.05) is 72.8 Å². The van der Waals surface area contributed by atoms with Crippen LogP contribution in [0.3, 0.4) is 0 Å². The third-order valence-corrected chi connectivity index (χ3v) is 3.42. The van der Waals surface area contributed by atoms with Crippen LogP contribution >= 0.6 is 0 Å². The Bertz CT molecular complexity index is 844. The molecule has 0 fully saturated rings. The lowest BCUT2D eigenvalue weighted by Crippen LogP contribution is -1.90. The van der Waals surface area contributed by atoms with Crippen LogP contribution in [0.15, 0.2) is 84.0 Å². The van der Waals surface area contributed by atoms with Crippen molar-refractivity contribution in [1.82, 2.24) is 0 Å². The standard InChI is InChI=1S/C20H15N3/c21-14-17-5-4-6-19(13-17)18-11-9-16(10-12-18)15-22-23-20-7-2-1-3-8-20/h1-13,15,23H. The van der Waals surface area contributed by atoms with Gasteiger partial charge in [-0.3, -0.25) is 5.43 Å². The molecule has 3 heteroatoms. The van der Waals surface area contributed by atoms with Gasteiger partial charge in [0.25, 0.3) is 0 Å². The minimum Gasteiger partial charge on any atom is -0.279 e. The Balaban J connectivity index is 1.71. The lowest BCUT2D eigenvalue weighted by atomic mass is 10.0. The lowest BCUT2D eigenvalue weighted by Gasteiger charge is -2.03. The largest absolute Gasteiger partial charge is 0.279 e. The van der Waals surface area contributed by atoms with Crippen molar-refractivity contribution in [3.05, 3.63) is 90.0 Å². The molecule has 3 aromatic rings. The number of hydrazone groups is 1. The van der Waals surface area contributed by atoms with Gasteiger partial charge in [-0.15, -0.1) is 0 Å². The molecule has 0 heterocycles. The molecule has 0 aliphatic rings. The highest BCUT2D eigenvalue weighted by molar-refractivity contribution is 5.81. The molecule has 0 radical (unpaired) electrons. The first kappa shape index (κ1) is 14.6. The molecular formula is C20H15N3. The van der Waals surface area contributed by atoms with E-state index in [-0.39, 0.29) is 0 Å². The topological polar surface area (TPSA) is 48.2 Å². The molecule has 0 bridgehead atoms. The maximum absolute atomic E-state index is 8.97. The molecule has 0 atom stereocenters. The molecule has 3 nitrogen and oxygen atoms in total. The van der Waals surface area contributed by atoms with Gasteiger partial charge in [0.2, 0.25) is 0 Å². The van der Waals surface area contributed by atoms with Crippen LogP contribution in [0, 0.1) is 11.3 Å². The van der Waals surface area contributed by atoms with E-state index in [0.717, 1.165) is 22.4 Å². The van der Waals surface area contributed by atoms with Crippen LogP contribution in [0.2, 0.25) is 0 Å². The monoisotopic (exact) mass is 297 g/mol. The smallest absolute Gasteiger partial charge is 0.0991 e. The summed E-state index contributed by atoms with van der Waals surface area (Å²) < 4.78 is 0. The van der Waals surface area contributed by atoms with Crippen molar-refractivity contribution in [2.75, 3.05) is 5.43 Å². The van der Waals surface area contributed by atoms with Crippen molar-refractivity contribution in [2.45, 2.75) is 0 Å². The van der Waals surface area contributed by atoms with Gasteiger partial charge in [0.15, 0.2) is 0 Å². The number of hydrogen-bond donors (Lipinski definition) is 1. The van der Waals surface area contributed by atoms with Gasteiger partial charge in [0.05, 0.1) is 23.5 Å². The second-order valence-corrected chi connectivity index (χ2v) is 5.05. The zero-order chi connectivity index (χ0) is 15.9. The maximum Gasteiger partial charge on any atom is 0.0991 e. The van der Waals surface area contributed by atoms with E-state index in [1.54, 1.807) is 12.3 Å². The predicted molar refractivity (Wildman–Crippen MR) is 94.3 cm³/mol. The Labute approximate surface area is 135 Å². The summed E-state index contributed by atoms with van der Waals surface area (Å²) in [5.41, 5.74) is 7.73. The summed E-state index contributed by atoms with van der Waals surface area (Å²) in [4.78, 5) is 0. The summed E-state index contributed by atoms with van der Waals surface area (Å²) in [7, 11) is 0. The second kappa shape index (κ2) is 7.06. The number of nitrogens with zero attached hydrogens (tertiary/aromatic N) is 2. The van der Waals surface area contributed by atoms with Crippen molar-refractivity contribution >= 4 is 11.9 Å². The Morgan fingerprint density at radius 2 is 1.61 bits per heavy atom. The average molecular weight is 297 g/mol. The zero-order valence-electron chi connectivity index (χ0n) is 12.5. The van der Waals surface area contributed by atoms with Gasteiger partial charge in [-0.1, -0.05) is 54.6 Å². The lowest BCUT2D eigenvalue weighted by molar-refractivity contribution is 1.35. The van der Waals surface area contributed by atoms with Crippen molar-refractivity contribution < 1.29 is 0 Å². The highest BCUT2D eigenvalue weighted by Gasteiger charge is 1.99. The Kier molecular flexibility index (Phi) is 4.47. The first-order valence-corrected chi connectivity index (χ1v) is 7.30.